The number of fused-ring (bicyclic) bond motifs is 5. The van der Waals surface area contributed by atoms with Crippen molar-refractivity contribution < 1.29 is 71.2 Å². The lowest BCUT2D eigenvalue weighted by atomic mass is 9.45. The molecule has 2 heterocycles. The smallest absolute Gasteiger partial charge is 0.303 e. The molecule has 38 heavy (non-hydrogen) atoms. The van der Waals surface area contributed by atoms with Gasteiger partial charge in [0.15, 0.2) is 6.10 Å². The highest BCUT2D eigenvalue weighted by Gasteiger charge is 2.67. The van der Waals surface area contributed by atoms with Crippen LogP contribution in [0.5, 0.6) is 0 Å². The van der Waals surface area contributed by atoms with Crippen molar-refractivity contribution in [3.8, 4) is 0 Å². The van der Waals surface area contributed by atoms with E-state index in [1.165, 1.54) is 81.8 Å². The van der Waals surface area contributed by atoms with Crippen LogP contribution in [0.15, 0.2) is 0 Å². The van der Waals surface area contributed by atoms with Crippen LogP contribution >= 0.6 is 0 Å². The van der Waals surface area contributed by atoms with E-state index in [4.69, 9.17) is 9.47 Å². The van der Waals surface area contributed by atoms with Crippen LogP contribution in [0.2, 0.25) is 0 Å². The van der Waals surface area contributed by atoms with Crippen LogP contribution < -0.4 is 48.0 Å². The second-order valence-corrected chi connectivity index (χ2v) is 15.1. The largest absolute Gasteiger partial charge is 1.00 e. The van der Waals surface area contributed by atoms with Crippen LogP contribution in [0, 0.1) is 34.5 Å². The summed E-state index contributed by atoms with van der Waals surface area (Å²) >= 11 is 0. The monoisotopic (exact) mass is 756 g/mol. The average molecular weight is 757 g/mol. The van der Waals surface area contributed by atoms with Gasteiger partial charge in [-0.05, 0) is 67.6 Å². The van der Waals surface area contributed by atoms with E-state index >= 15 is 0 Å². The molecule has 6 rings (SSSR count). The van der Waals surface area contributed by atoms with E-state index in [1.807, 2.05) is 0 Å². The molecule has 0 aromatic rings. The average Bonchev–Trinajstić information content (AvgIpc) is 3.41. The zero-order chi connectivity index (χ0) is 25.3. The summed E-state index contributed by atoms with van der Waals surface area (Å²) in [5.74, 6) is 3.21. The fourth-order valence-corrected chi connectivity index (χ4v) is 11.3. The summed E-state index contributed by atoms with van der Waals surface area (Å²) in [6, 6.07) is 1.33. The van der Waals surface area contributed by atoms with Crippen LogP contribution in [0.1, 0.15) is 85.0 Å². The van der Waals surface area contributed by atoms with Crippen molar-refractivity contribution in [3.63, 3.8) is 0 Å². The lowest BCUT2D eigenvalue weighted by Gasteiger charge is -2.61. The first-order valence-corrected chi connectivity index (χ1v) is 15.5. The molecule has 0 amide bonds. The molecule has 4 aliphatic carbocycles. The molecule has 6 aliphatic rings. The lowest BCUT2D eigenvalue weighted by Crippen LogP contribution is -3.00. The number of likely N-dealkylation sites (N-methyl/N-ethyl adjacent to an activating group) is 1. The Hall–Kier alpha value is 0.810. The molecule has 7 heteroatoms. The highest BCUT2D eigenvalue weighted by atomic mass is 127. The van der Waals surface area contributed by atoms with Gasteiger partial charge in [-0.15, -0.1) is 0 Å². The summed E-state index contributed by atoms with van der Waals surface area (Å²) in [6.45, 7) is 13.5. The fourth-order valence-electron chi connectivity index (χ4n) is 11.3. The number of morpholine rings is 1. The van der Waals surface area contributed by atoms with Crippen molar-refractivity contribution in [3.05, 3.63) is 0 Å². The third-order valence-electron chi connectivity index (χ3n) is 13.6. The number of quaternary nitrogens is 2. The Morgan fingerprint density at radius 2 is 1.47 bits per heavy atom. The lowest BCUT2D eigenvalue weighted by molar-refractivity contribution is -0.942. The zero-order valence-electron chi connectivity index (χ0n) is 24.7. The maximum absolute atomic E-state index is 12.4. The number of ether oxygens (including phenoxy) is 2. The van der Waals surface area contributed by atoms with Gasteiger partial charge in [-0.3, -0.25) is 4.79 Å². The van der Waals surface area contributed by atoms with E-state index in [1.54, 1.807) is 6.92 Å². The molecule has 0 aromatic carbocycles. The van der Waals surface area contributed by atoms with E-state index in [-0.39, 0.29) is 65.4 Å². The first-order valence-electron chi connectivity index (χ1n) is 15.5. The number of carbonyl (C=O) groups excluding carboxylic acids is 1. The molecule has 9 atom stereocenters. The zero-order valence-corrected chi connectivity index (χ0v) is 29.0. The van der Waals surface area contributed by atoms with E-state index < -0.39 is 0 Å². The number of halogens is 2. The first kappa shape index (κ1) is 31.7. The number of hydrogen-bond donors (Lipinski definition) is 0. The molecule has 2 aliphatic heterocycles. The fraction of sp³-hybridized carbons (Fsp3) is 0.968. The maximum atomic E-state index is 12.4. The van der Waals surface area contributed by atoms with E-state index in [9.17, 15) is 4.79 Å². The Labute approximate surface area is 266 Å². The molecule has 0 N–H and O–H groups in total. The molecule has 0 spiro atoms. The molecular weight excluding hydrogens is 702 g/mol. The molecule has 6 fully saturated rings. The normalized spacial score (nSPS) is 46.9. The van der Waals surface area contributed by atoms with Gasteiger partial charge in [0, 0.05) is 38.0 Å². The minimum Gasteiger partial charge on any atom is -1.00 e. The summed E-state index contributed by atoms with van der Waals surface area (Å²) in [7, 11) is 4.99. The Balaban J connectivity index is 0.00000168. The Morgan fingerprint density at radius 1 is 0.816 bits per heavy atom. The van der Waals surface area contributed by atoms with Gasteiger partial charge in [0.05, 0.1) is 46.4 Å². The first-order chi connectivity index (χ1) is 17.1. The van der Waals surface area contributed by atoms with Gasteiger partial charge in [0.25, 0.3) is 0 Å². The molecule has 4 saturated carbocycles. The van der Waals surface area contributed by atoms with Gasteiger partial charge in [-0.25, -0.2) is 0 Å². The molecule has 0 aromatic heterocycles. The quantitative estimate of drug-likeness (QED) is 0.212. The number of likely N-dealkylation sites (tertiary alicyclic amines) is 1. The highest BCUT2D eigenvalue weighted by Crippen LogP contribution is 2.67. The maximum Gasteiger partial charge on any atom is 0.303 e. The van der Waals surface area contributed by atoms with Crippen molar-refractivity contribution in [2.24, 2.45) is 34.5 Å². The van der Waals surface area contributed by atoms with E-state index in [2.05, 4.69) is 27.9 Å². The van der Waals surface area contributed by atoms with Crippen LogP contribution in [0.3, 0.4) is 0 Å². The molecular formula is C31H54I2N2O3. The Kier molecular flexibility index (Phi) is 9.59. The van der Waals surface area contributed by atoms with E-state index in [0.717, 1.165) is 54.6 Å². The summed E-state index contributed by atoms with van der Waals surface area (Å²) in [5.41, 5.74) is 0.651. The van der Waals surface area contributed by atoms with Gasteiger partial charge in [-0.2, -0.15) is 0 Å². The van der Waals surface area contributed by atoms with Gasteiger partial charge in [-0.1, -0.05) is 13.8 Å². The van der Waals surface area contributed by atoms with Gasteiger partial charge in [0.2, 0.25) is 0 Å². The third-order valence-corrected chi connectivity index (χ3v) is 13.6. The van der Waals surface area contributed by atoms with Crippen LogP contribution in [-0.2, 0) is 14.3 Å². The predicted octanol–water partition coefficient (Wildman–Crippen LogP) is -0.967. The highest BCUT2D eigenvalue weighted by molar-refractivity contribution is 5.66. The van der Waals surface area contributed by atoms with Crippen molar-refractivity contribution in [2.45, 2.75) is 103 Å². The molecule has 0 radical (unpaired) electrons. The summed E-state index contributed by atoms with van der Waals surface area (Å²) in [5, 5.41) is 0. The number of esters is 1. The van der Waals surface area contributed by atoms with Gasteiger partial charge in [0.1, 0.15) is 19.1 Å². The molecule has 5 nitrogen and oxygen atoms in total. The van der Waals surface area contributed by atoms with Gasteiger partial charge < -0.3 is 66.4 Å². The summed E-state index contributed by atoms with van der Waals surface area (Å²) in [4.78, 5) is 12.4. The van der Waals surface area contributed by atoms with Crippen molar-refractivity contribution in [1.82, 2.24) is 0 Å². The minimum absolute atomic E-state index is 0. The van der Waals surface area contributed by atoms with E-state index in [0.29, 0.717) is 17.4 Å². The minimum atomic E-state index is -0.0821. The summed E-state index contributed by atoms with van der Waals surface area (Å²) in [6.07, 6.45) is 14.0. The third kappa shape index (κ3) is 5.04. The Morgan fingerprint density at radius 3 is 2.13 bits per heavy atom. The van der Waals surface area contributed by atoms with Crippen LogP contribution in [0.25, 0.3) is 0 Å². The number of carbonyl (C=O) groups is 1. The second-order valence-electron chi connectivity index (χ2n) is 15.1. The number of hydrogen-bond acceptors (Lipinski definition) is 3. The van der Waals surface area contributed by atoms with Crippen molar-refractivity contribution in [2.75, 3.05) is 53.5 Å². The molecule has 220 valence electrons. The number of rotatable bonds is 3. The number of nitrogens with zero attached hydrogens (tertiary/aromatic N) is 2. The van der Waals surface area contributed by atoms with Gasteiger partial charge >= 0.3 is 5.97 Å². The standard InChI is InChI=1S/C31H54N2O3.2HI/c1-22(34)36-29-28(33(5)16-18-35-19-17-33)21-27-25-9-8-23-20-24(32(4)14-6-7-15-32)10-12-30(23,2)26(25)11-13-31(27,29)3;;/h23-29H,6-21H2,1-5H3;2*1H/q+2;;/p-2/t23-,24-,25+,26-,27-,28-,29-,30-,31-;;/m0../s1. The molecule has 0 unspecified atom stereocenters. The molecule has 2 saturated heterocycles. The Bertz CT molecular complexity index is 860. The van der Waals surface area contributed by atoms with Crippen molar-refractivity contribution >= 4 is 5.97 Å². The SMILES string of the molecule is CC(=O)O[C@H]1[C@@H]([N+]2(C)CCOCC2)C[C@H]2[C@@H]3CC[C@H]4C[C@@H]([N+]5(C)CCCC5)CC[C@]4(C)[C@H]3CC[C@@]21C.[I-].[I-]. The topological polar surface area (TPSA) is 35.5 Å². The molecule has 0 bridgehead atoms. The van der Waals surface area contributed by atoms with Crippen molar-refractivity contribution in [1.29, 1.82) is 0 Å². The summed E-state index contributed by atoms with van der Waals surface area (Å²) < 4.78 is 14.5. The van der Waals surface area contributed by atoms with Crippen LogP contribution in [-0.4, -0.2) is 86.6 Å². The predicted molar refractivity (Wildman–Crippen MR) is 142 cm³/mol. The van der Waals surface area contributed by atoms with Crippen LogP contribution in [0.4, 0.5) is 0 Å². The second kappa shape index (κ2) is 11.5.